The van der Waals surface area contributed by atoms with Crippen LogP contribution in [0.4, 0.5) is 5.00 Å². The second-order valence-corrected chi connectivity index (χ2v) is 5.94. The first-order valence-electron chi connectivity index (χ1n) is 6.65. The number of hydrogen-bond donors (Lipinski definition) is 1. The minimum absolute atomic E-state index is 0.242. The van der Waals surface area contributed by atoms with Gasteiger partial charge in [0.15, 0.2) is 0 Å². The highest BCUT2D eigenvalue weighted by molar-refractivity contribution is 7.16. The van der Waals surface area contributed by atoms with E-state index in [-0.39, 0.29) is 5.75 Å². The second-order valence-electron chi connectivity index (χ2n) is 4.85. The average molecular weight is 282 g/mol. The van der Waals surface area contributed by atoms with Crippen LogP contribution in [-0.2, 0) is 12.8 Å². The van der Waals surface area contributed by atoms with Gasteiger partial charge < -0.3 is 5.11 Å². The standard InChI is InChI=1S/C16H14N2OS/c17-9-14-13-3-1-2-4-15(13)20-16(14)18-10-11-5-7-12(19)8-6-11/h5-8,10,19H,1-4H2. The summed E-state index contributed by atoms with van der Waals surface area (Å²) in [5.74, 6) is 0.242. The topological polar surface area (TPSA) is 56.4 Å². The van der Waals surface area contributed by atoms with Crippen molar-refractivity contribution in [3.63, 3.8) is 0 Å². The summed E-state index contributed by atoms with van der Waals surface area (Å²) in [6, 6.07) is 9.18. The van der Waals surface area contributed by atoms with Gasteiger partial charge in [0.2, 0.25) is 0 Å². The Morgan fingerprint density at radius 1 is 1.20 bits per heavy atom. The van der Waals surface area contributed by atoms with Crippen LogP contribution < -0.4 is 0 Å². The largest absolute Gasteiger partial charge is 0.508 e. The molecular formula is C16H14N2OS. The molecule has 2 aromatic rings. The molecule has 1 aromatic heterocycles. The van der Waals surface area contributed by atoms with Crippen molar-refractivity contribution >= 4 is 22.6 Å². The van der Waals surface area contributed by atoms with E-state index in [2.05, 4.69) is 11.1 Å². The monoisotopic (exact) mass is 282 g/mol. The summed E-state index contributed by atoms with van der Waals surface area (Å²) in [5.41, 5.74) is 2.87. The number of benzene rings is 1. The van der Waals surface area contributed by atoms with Crippen LogP contribution >= 0.6 is 11.3 Å². The molecule has 0 unspecified atom stereocenters. The van der Waals surface area contributed by atoms with Gasteiger partial charge in [0.05, 0.1) is 5.56 Å². The molecule has 1 aliphatic carbocycles. The number of fused-ring (bicyclic) bond motifs is 1. The van der Waals surface area contributed by atoms with E-state index in [0.717, 1.165) is 29.0 Å². The van der Waals surface area contributed by atoms with Crippen molar-refractivity contribution in [2.45, 2.75) is 25.7 Å². The van der Waals surface area contributed by atoms with Crippen LogP contribution in [-0.4, -0.2) is 11.3 Å². The Balaban J connectivity index is 1.93. The molecule has 0 bridgehead atoms. The van der Waals surface area contributed by atoms with Gasteiger partial charge in [0, 0.05) is 11.1 Å². The predicted octanol–water partition coefficient (Wildman–Crippen LogP) is 3.95. The summed E-state index contributed by atoms with van der Waals surface area (Å²) in [7, 11) is 0. The van der Waals surface area contributed by atoms with Crippen molar-refractivity contribution in [1.82, 2.24) is 0 Å². The van der Waals surface area contributed by atoms with E-state index in [0.29, 0.717) is 0 Å². The summed E-state index contributed by atoms with van der Waals surface area (Å²) in [6.07, 6.45) is 6.20. The smallest absolute Gasteiger partial charge is 0.134 e. The number of aliphatic imine (C=N–C) groups is 1. The molecule has 1 aromatic carbocycles. The molecule has 0 amide bonds. The molecule has 0 spiro atoms. The Bertz CT molecular complexity index is 693. The Labute approximate surface area is 121 Å². The van der Waals surface area contributed by atoms with E-state index in [1.54, 1.807) is 41.8 Å². The lowest BCUT2D eigenvalue weighted by Gasteiger charge is -2.09. The highest BCUT2D eigenvalue weighted by Crippen LogP contribution is 2.39. The zero-order valence-corrected chi connectivity index (χ0v) is 11.8. The normalized spacial score (nSPS) is 14.2. The Kier molecular flexibility index (Phi) is 3.53. The summed E-state index contributed by atoms with van der Waals surface area (Å²) in [6.45, 7) is 0. The fraction of sp³-hybridized carbons (Fsp3) is 0.250. The van der Waals surface area contributed by atoms with E-state index < -0.39 is 0 Å². The minimum atomic E-state index is 0.242. The first-order valence-corrected chi connectivity index (χ1v) is 7.47. The number of nitrogens with zero attached hydrogens (tertiary/aromatic N) is 2. The van der Waals surface area contributed by atoms with E-state index in [4.69, 9.17) is 0 Å². The fourth-order valence-electron chi connectivity index (χ4n) is 2.45. The van der Waals surface area contributed by atoms with Crippen LogP contribution in [0, 0.1) is 11.3 Å². The number of thiophene rings is 1. The molecule has 0 atom stereocenters. The molecule has 1 heterocycles. The van der Waals surface area contributed by atoms with Crippen LogP contribution in [0.3, 0.4) is 0 Å². The maximum Gasteiger partial charge on any atom is 0.134 e. The Hall–Kier alpha value is -2.12. The van der Waals surface area contributed by atoms with Crippen LogP contribution in [0.25, 0.3) is 0 Å². The highest BCUT2D eigenvalue weighted by atomic mass is 32.1. The number of rotatable bonds is 2. The number of aryl methyl sites for hydroxylation is 1. The first kappa shape index (κ1) is 12.9. The zero-order chi connectivity index (χ0) is 13.9. The lowest BCUT2D eigenvalue weighted by Crippen LogP contribution is -1.99. The molecule has 0 saturated heterocycles. The number of nitriles is 1. The molecule has 0 fully saturated rings. The third-order valence-corrected chi connectivity index (χ3v) is 4.69. The molecule has 4 heteroatoms. The van der Waals surface area contributed by atoms with Gasteiger partial charge in [-0.2, -0.15) is 5.26 Å². The van der Waals surface area contributed by atoms with Crippen molar-refractivity contribution < 1.29 is 5.11 Å². The molecule has 1 N–H and O–H groups in total. The molecule has 3 rings (SSSR count). The summed E-state index contributed by atoms with van der Waals surface area (Å²) < 4.78 is 0. The minimum Gasteiger partial charge on any atom is -0.508 e. The van der Waals surface area contributed by atoms with Crippen molar-refractivity contribution in [2.24, 2.45) is 4.99 Å². The molecule has 3 nitrogen and oxygen atoms in total. The van der Waals surface area contributed by atoms with Crippen LogP contribution in [0.5, 0.6) is 5.75 Å². The lowest BCUT2D eigenvalue weighted by molar-refractivity contribution is 0.475. The number of phenols is 1. The number of phenolic OH excluding ortho intramolecular Hbond substituents is 1. The third kappa shape index (κ3) is 2.45. The average Bonchev–Trinajstić information content (AvgIpc) is 2.84. The molecular weight excluding hydrogens is 268 g/mol. The first-order chi connectivity index (χ1) is 9.78. The van der Waals surface area contributed by atoms with Crippen molar-refractivity contribution in [3.8, 4) is 11.8 Å². The molecule has 0 aliphatic heterocycles. The summed E-state index contributed by atoms with van der Waals surface area (Å²) >= 11 is 1.64. The quantitative estimate of drug-likeness (QED) is 0.848. The molecule has 0 radical (unpaired) electrons. The highest BCUT2D eigenvalue weighted by Gasteiger charge is 2.19. The van der Waals surface area contributed by atoms with Crippen molar-refractivity contribution in [1.29, 1.82) is 5.26 Å². The maximum atomic E-state index is 9.35. The number of hydrogen-bond acceptors (Lipinski definition) is 4. The SMILES string of the molecule is N#Cc1c(N=Cc2ccc(O)cc2)sc2c1CCCC2. The molecule has 100 valence electrons. The summed E-state index contributed by atoms with van der Waals surface area (Å²) in [5, 5.41) is 19.4. The molecule has 20 heavy (non-hydrogen) atoms. The Morgan fingerprint density at radius 2 is 1.95 bits per heavy atom. The van der Waals surface area contributed by atoms with Crippen molar-refractivity contribution in [2.75, 3.05) is 0 Å². The van der Waals surface area contributed by atoms with E-state index in [9.17, 15) is 10.4 Å². The van der Waals surface area contributed by atoms with Crippen LogP contribution in [0.15, 0.2) is 29.3 Å². The molecule has 0 saturated carbocycles. The zero-order valence-electron chi connectivity index (χ0n) is 11.0. The maximum absolute atomic E-state index is 9.35. The van der Waals surface area contributed by atoms with E-state index >= 15 is 0 Å². The van der Waals surface area contributed by atoms with Crippen LogP contribution in [0.1, 0.15) is 34.4 Å². The van der Waals surface area contributed by atoms with Gasteiger partial charge in [-0.05, 0) is 61.1 Å². The fourth-order valence-corrected chi connectivity index (χ4v) is 3.63. The van der Waals surface area contributed by atoms with Gasteiger partial charge in [-0.15, -0.1) is 11.3 Å². The second kappa shape index (κ2) is 5.48. The van der Waals surface area contributed by atoms with Crippen LogP contribution in [0.2, 0.25) is 0 Å². The van der Waals surface area contributed by atoms with Gasteiger partial charge in [0.25, 0.3) is 0 Å². The van der Waals surface area contributed by atoms with Gasteiger partial charge in [-0.3, -0.25) is 0 Å². The van der Waals surface area contributed by atoms with Gasteiger partial charge in [-0.25, -0.2) is 4.99 Å². The summed E-state index contributed by atoms with van der Waals surface area (Å²) in [4.78, 5) is 5.80. The van der Waals surface area contributed by atoms with Gasteiger partial charge in [-0.1, -0.05) is 0 Å². The molecule has 1 aliphatic rings. The van der Waals surface area contributed by atoms with Crippen molar-refractivity contribution in [3.05, 3.63) is 45.8 Å². The third-order valence-electron chi connectivity index (χ3n) is 3.49. The van der Waals surface area contributed by atoms with E-state index in [1.807, 2.05) is 0 Å². The lowest BCUT2D eigenvalue weighted by atomic mass is 9.96. The van der Waals surface area contributed by atoms with E-state index in [1.165, 1.54) is 23.3 Å². The Morgan fingerprint density at radius 3 is 2.70 bits per heavy atom. The van der Waals surface area contributed by atoms with Gasteiger partial charge in [0.1, 0.15) is 16.8 Å². The predicted molar refractivity (Wildman–Crippen MR) is 81.0 cm³/mol. The number of aromatic hydroxyl groups is 1. The van der Waals surface area contributed by atoms with Gasteiger partial charge >= 0.3 is 0 Å².